The van der Waals surface area contributed by atoms with Gasteiger partial charge in [-0.05, 0) is 47.0 Å². The van der Waals surface area contributed by atoms with Crippen LogP contribution in [0.1, 0.15) is 15.9 Å². The summed E-state index contributed by atoms with van der Waals surface area (Å²) in [7, 11) is 0. The first kappa shape index (κ1) is 22.1. The summed E-state index contributed by atoms with van der Waals surface area (Å²) in [5, 5.41) is 7.16. The van der Waals surface area contributed by atoms with E-state index in [1.807, 2.05) is 48.5 Å². The summed E-state index contributed by atoms with van der Waals surface area (Å²) in [6.07, 6.45) is 0.595. The maximum Gasteiger partial charge on any atom is 0.325 e. The van der Waals surface area contributed by atoms with Crippen molar-refractivity contribution in [1.29, 1.82) is 0 Å². The molecule has 8 heteroatoms. The largest absolute Gasteiger partial charge is 0.486 e. The third-order valence-corrected chi connectivity index (χ3v) is 5.11. The number of esters is 1. The van der Waals surface area contributed by atoms with Crippen molar-refractivity contribution >= 4 is 28.6 Å². The van der Waals surface area contributed by atoms with Gasteiger partial charge in [0.25, 0.3) is 11.8 Å². The number of hydrogen-bond donors (Lipinski definition) is 2. The summed E-state index contributed by atoms with van der Waals surface area (Å²) in [6, 6.07) is 18.6. The molecular formula is C25H24N2O6. The molecule has 2 amide bonds. The fraction of sp³-hybridized carbons (Fsp3) is 0.240. The summed E-state index contributed by atoms with van der Waals surface area (Å²) in [6.45, 7) is 0.701. The summed E-state index contributed by atoms with van der Waals surface area (Å²) in [4.78, 5) is 36.1. The lowest BCUT2D eigenvalue weighted by molar-refractivity contribution is -0.147. The van der Waals surface area contributed by atoms with Crippen LogP contribution in [0.4, 0.5) is 0 Å². The zero-order chi connectivity index (χ0) is 23.0. The van der Waals surface area contributed by atoms with E-state index in [0.717, 1.165) is 16.3 Å². The Balaban J connectivity index is 1.15. The monoisotopic (exact) mass is 448 g/mol. The lowest BCUT2D eigenvalue weighted by atomic mass is 10.1. The molecule has 1 aliphatic heterocycles. The number of rotatable bonds is 8. The third-order valence-electron chi connectivity index (χ3n) is 5.11. The minimum Gasteiger partial charge on any atom is -0.486 e. The minimum atomic E-state index is -0.689. The highest BCUT2D eigenvalue weighted by atomic mass is 16.6. The molecule has 4 rings (SSSR count). The summed E-state index contributed by atoms with van der Waals surface area (Å²) in [5.74, 6) is -0.0761. The van der Waals surface area contributed by atoms with Crippen LogP contribution < -0.4 is 20.1 Å². The van der Waals surface area contributed by atoms with Crippen LogP contribution in [0.25, 0.3) is 10.8 Å². The Morgan fingerprint density at radius 1 is 0.848 bits per heavy atom. The van der Waals surface area contributed by atoms with Gasteiger partial charge in [0.15, 0.2) is 18.1 Å². The van der Waals surface area contributed by atoms with Crippen LogP contribution in [0.3, 0.4) is 0 Å². The average molecular weight is 448 g/mol. The molecule has 1 heterocycles. The highest BCUT2D eigenvalue weighted by molar-refractivity contribution is 5.99. The maximum atomic E-state index is 12.3. The zero-order valence-electron chi connectivity index (χ0n) is 18.0. The van der Waals surface area contributed by atoms with E-state index in [9.17, 15) is 14.4 Å². The second kappa shape index (κ2) is 10.5. The zero-order valence-corrected chi connectivity index (χ0v) is 18.0. The summed E-state index contributed by atoms with van der Waals surface area (Å²) in [5.41, 5.74) is 1.44. The normalized spacial score (nSPS) is 12.1. The quantitative estimate of drug-likeness (QED) is 0.513. The van der Waals surface area contributed by atoms with E-state index in [1.165, 1.54) is 0 Å². The molecule has 3 aromatic rings. The second-order valence-electron chi connectivity index (χ2n) is 7.48. The second-order valence-corrected chi connectivity index (χ2v) is 7.48. The first-order chi connectivity index (χ1) is 16.1. The van der Waals surface area contributed by atoms with Crippen LogP contribution in [-0.2, 0) is 20.7 Å². The number of carbonyl (C=O) groups is 3. The minimum absolute atomic E-state index is 0.323. The number of fused-ring (bicyclic) bond motifs is 2. The first-order valence-corrected chi connectivity index (χ1v) is 10.7. The average Bonchev–Trinajstić information content (AvgIpc) is 2.85. The predicted molar refractivity (Wildman–Crippen MR) is 121 cm³/mol. The van der Waals surface area contributed by atoms with Crippen molar-refractivity contribution in [2.45, 2.75) is 6.42 Å². The van der Waals surface area contributed by atoms with Crippen molar-refractivity contribution < 1.29 is 28.6 Å². The number of benzene rings is 3. The number of hydrogen-bond acceptors (Lipinski definition) is 6. The standard InChI is InChI=1S/C25H24N2O6/c28-23(26-10-9-17-5-8-21-22(13-17)32-12-11-31-21)16-33-24(29)15-27-25(30)20-7-6-18-3-1-2-4-19(18)14-20/h1-8,13-14H,9-12,15-16H2,(H,26,28)(H,27,30). The van der Waals surface area contributed by atoms with E-state index < -0.39 is 18.5 Å². The molecule has 0 aliphatic carbocycles. The number of ether oxygens (including phenoxy) is 3. The SMILES string of the molecule is O=C(COC(=O)CNC(=O)c1ccc2ccccc2c1)NCCc1ccc2c(c1)OCCO2. The van der Waals surface area contributed by atoms with Gasteiger partial charge in [0, 0.05) is 12.1 Å². The molecule has 0 fully saturated rings. The number of carbonyl (C=O) groups excluding carboxylic acids is 3. The van der Waals surface area contributed by atoms with Gasteiger partial charge in [-0.3, -0.25) is 14.4 Å². The fourth-order valence-corrected chi connectivity index (χ4v) is 3.42. The molecule has 0 bridgehead atoms. The van der Waals surface area contributed by atoms with Crippen LogP contribution in [0.5, 0.6) is 11.5 Å². The van der Waals surface area contributed by atoms with Crippen LogP contribution in [0.2, 0.25) is 0 Å². The van der Waals surface area contributed by atoms with Crippen molar-refractivity contribution in [3.05, 3.63) is 71.8 Å². The molecule has 0 saturated carbocycles. The maximum absolute atomic E-state index is 12.3. The third kappa shape index (κ3) is 6.00. The summed E-state index contributed by atoms with van der Waals surface area (Å²) < 4.78 is 16.0. The molecule has 2 N–H and O–H groups in total. The van der Waals surface area contributed by atoms with E-state index in [1.54, 1.807) is 12.1 Å². The highest BCUT2D eigenvalue weighted by Gasteiger charge is 2.13. The van der Waals surface area contributed by atoms with Crippen molar-refractivity contribution in [2.24, 2.45) is 0 Å². The van der Waals surface area contributed by atoms with Crippen LogP contribution in [0, 0.1) is 0 Å². The molecule has 33 heavy (non-hydrogen) atoms. The molecule has 1 aliphatic rings. The molecule has 0 unspecified atom stereocenters. The van der Waals surface area contributed by atoms with Crippen LogP contribution in [0.15, 0.2) is 60.7 Å². The molecular weight excluding hydrogens is 424 g/mol. The van der Waals surface area contributed by atoms with Gasteiger partial charge < -0.3 is 24.8 Å². The fourth-order valence-electron chi connectivity index (χ4n) is 3.42. The highest BCUT2D eigenvalue weighted by Crippen LogP contribution is 2.30. The molecule has 0 saturated heterocycles. The Kier molecular flexibility index (Phi) is 7.04. The van der Waals surface area contributed by atoms with E-state index in [4.69, 9.17) is 14.2 Å². The number of amides is 2. The Labute approximate surface area is 190 Å². The van der Waals surface area contributed by atoms with Gasteiger partial charge >= 0.3 is 5.97 Å². The Morgan fingerprint density at radius 3 is 2.48 bits per heavy atom. The van der Waals surface area contributed by atoms with Crippen molar-refractivity contribution in [3.8, 4) is 11.5 Å². The van der Waals surface area contributed by atoms with Gasteiger partial charge in [0.1, 0.15) is 19.8 Å². The van der Waals surface area contributed by atoms with Gasteiger partial charge in [-0.25, -0.2) is 0 Å². The van der Waals surface area contributed by atoms with Crippen LogP contribution >= 0.6 is 0 Å². The van der Waals surface area contributed by atoms with Gasteiger partial charge in [0.2, 0.25) is 0 Å². The molecule has 0 spiro atoms. The van der Waals surface area contributed by atoms with Gasteiger partial charge in [0.05, 0.1) is 0 Å². The number of nitrogens with one attached hydrogen (secondary N) is 2. The van der Waals surface area contributed by atoms with E-state index >= 15 is 0 Å². The van der Waals surface area contributed by atoms with E-state index in [2.05, 4.69) is 10.6 Å². The van der Waals surface area contributed by atoms with Crippen molar-refractivity contribution in [3.63, 3.8) is 0 Å². The first-order valence-electron chi connectivity index (χ1n) is 10.7. The molecule has 0 radical (unpaired) electrons. The van der Waals surface area contributed by atoms with Gasteiger partial charge in [-0.2, -0.15) is 0 Å². The lowest BCUT2D eigenvalue weighted by Gasteiger charge is -2.18. The summed E-state index contributed by atoms with van der Waals surface area (Å²) >= 11 is 0. The molecule has 8 nitrogen and oxygen atoms in total. The lowest BCUT2D eigenvalue weighted by Crippen LogP contribution is -2.34. The topological polar surface area (TPSA) is 103 Å². The predicted octanol–water partition coefficient (Wildman–Crippen LogP) is 2.24. The van der Waals surface area contributed by atoms with E-state index in [-0.39, 0.29) is 12.5 Å². The molecule has 170 valence electrons. The Morgan fingerprint density at radius 2 is 1.64 bits per heavy atom. The van der Waals surface area contributed by atoms with Crippen molar-refractivity contribution in [1.82, 2.24) is 10.6 Å². The van der Waals surface area contributed by atoms with Gasteiger partial charge in [-0.15, -0.1) is 0 Å². The molecule has 3 aromatic carbocycles. The van der Waals surface area contributed by atoms with Gasteiger partial charge in [-0.1, -0.05) is 36.4 Å². The molecule has 0 aromatic heterocycles. The van der Waals surface area contributed by atoms with E-state index in [0.29, 0.717) is 43.2 Å². The van der Waals surface area contributed by atoms with Crippen LogP contribution in [-0.4, -0.2) is 50.7 Å². The molecule has 0 atom stereocenters. The Bertz CT molecular complexity index is 1180. The Hall–Kier alpha value is -4.07. The smallest absolute Gasteiger partial charge is 0.325 e. The van der Waals surface area contributed by atoms with Crippen molar-refractivity contribution in [2.75, 3.05) is 32.9 Å².